The molecule has 0 aliphatic heterocycles. The fourth-order valence-electron chi connectivity index (χ4n) is 3.03. The molecule has 0 radical (unpaired) electrons. The van der Waals surface area contributed by atoms with E-state index in [9.17, 15) is 9.18 Å². The summed E-state index contributed by atoms with van der Waals surface area (Å²) in [6.45, 7) is 4.65. The van der Waals surface area contributed by atoms with Crippen LogP contribution in [0.1, 0.15) is 23.9 Å². The molecule has 1 heterocycles. The second-order valence-electron chi connectivity index (χ2n) is 6.92. The third kappa shape index (κ3) is 4.64. The minimum Gasteiger partial charge on any atom is -0.351 e. The lowest BCUT2D eigenvalue weighted by molar-refractivity contribution is -0.125. The second-order valence-corrected chi connectivity index (χ2v) is 6.92. The number of benzene rings is 2. The number of halogens is 1. The number of aryl methyl sites for hydroxylation is 1. The predicted octanol–water partition coefficient (Wildman–Crippen LogP) is 3.46. The van der Waals surface area contributed by atoms with Crippen LogP contribution in [-0.4, -0.2) is 33.4 Å². The summed E-state index contributed by atoms with van der Waals surface area (Å²) in [5.74, 6) is 0.283. The summed E-state index contributed by atoms with van der Waals surface area (Å²) in [5.41, 5.74) is 2.31. The van der Waals surface area contributed by atoms with Gasteiger partial charge in [-0.1, -0.05) is 36.4 Å². The van der Waals surface area contributed by atoms with Gasteiger partial charge in [-0.05, 0) is 44.2 Å². The molecule has 0 bridgehead atoms. The number of hydrogen-bond donors (Lipinski definition) is 1. The van der Waals surface area contributed by atoms with E-state index in [1.165, 1.54) is 6.07 Å². The van der Waals surface area contributed by atoms with E-state index >= 15 is 0 Å². The van der Waals surface area contributed by atoms with Gasteiger partial charge in [-0.15, -0.1) is 0 Å². The Morgan fingerprint density at radius 2 is 1.96 bits per heavy atom. The molecule has 28 heavy (non-hydrogen) atoms. The lowest BCUT2D eigenvalue weighted by Crippen LogP contribution is -2.42. The normalized spacial score (nSPS) is 12.2. The first-order chi connectivity index (χ1) is 13.5. The van der Waals surface area contributed by atoms with Crippen LogP contribution < -0.4 is 5.32 Å². The molecule has 1 atom stereocenters. The Hall–Kier alpha value is -2.99. The van der Waals surface area contributed by atoms with Gasteiger partial charge < -0.3 is 9.88 Å². The number of nitrogens with one attached hydrogen (secondary N) is 1. The molecule has 0 aliphatic carbocycles. The Balaban J connectivity index is 1.58. The van der Waals surface area contributed by atoms with Crippen LogP contribution in [0.5, 0.6) is 0 Å². The van der Waals surface area contributed by atoms with E-state index in [0.29, 0.717) is 17.8 Å². The van der Waals surface area contributed by atoms with Crippen molar-refractivity contribution in [2.45, 2.75) is 33.0 Å². The van der Waals surface area contributed by atoms with E-state index in [4.69, 9.17) is 0 Å². The summed E-state index contributed by atoms with van der Waals surface area (Å²) < 4.78 is 16.2. The first kappa shape index (κ1) is 19.8. The smallest absolute Gasteiger partial charge is 0.237 e. The van der Waals surface area contributed by atoms with Gasteiger partial charge >= 0.3 is 0 Å². The average molecular weight is 380 g/mol. The van der Waals surface area contributed by atoms with Crippen LogP contribution in [0.3, 0.4) is 0 Å². The van der Waals surface area contributed by atoms with Gasteiger partial charge in [0.15, 0.2) is 0 Å². The highest BCUT2D eigenvalue weighted by molar-refractivity contribution is 5.81. The maximum atomic E-state index is 14.5. The molecular weight excluding hydrogens is 355 g/mol. The van der Waals surface area contributed by atoms with Crippen LogP contribution in [0.2, 0.25) is 0 Å². The second kappa shape index (κ2) is 8.80. The largest absolute Gasteiger partial charge is 0.351 e. The van der Waals surface area contributed by atoms with Crippen molar-refractivity contribution < 1.29 is 9.18 Å². The standard InChI is InChI=1S/C22H25FN4O/c1-16(26(3)15-18-7-5-4-6-8-18)22(28)25-14-19-9-10-21(20(23)13-19)27-12-11-24-17(27)2/h4-13,16H,14-15H2,1-3H3,(H,25,28). The fourth-order valence-corrected chi connectivity index (χ4v) is 3.03. The summed E-state index contributed by atoms with van der Waals surface area (Å²) >= 11 is 0. The lowest BCUT2D eigenvalue weighted by atomic mass is 10.1. The average Bonchev–Trinajstić information content (AvgIpc) is 3.12. The molecule has 0 saturated heterocycles. The maximum Gasteiger partial charge on any atom is 0.237 e. The first-order valence-corrected chi connectivity index (χ1v) is 9.26. The van der Waals surface area contributed by atoms with E-state index in [0.717, 1.165) is 11.4 Å². The van der Waals surface area contributed by atoms with Crippen molar-refractivity contribution in [1.29, 1.82) is 0 Å². The van der Waals surface area contributed by atoms with Gasteiger partial charge in [0.2, 0.25) is 5.91 Å². The quantitative estimate of drug-likeness (QED) is 0.683. The van der Waals surface area contributed by atoms with E-state index in [-0.39, 0.29) is 24.3 Å². The van der Waals surface area contributed by atoms with Gasteiger partial charge in [0, 0.05) is 25.5 Å². The topological polar surface area (TPSA) is 50.2 Å². The highest BCUT2D eigenvalue weighted by atomic mass is 19.1. The third-order valence-corrected chi connectivity index (χ3v) is 4.88. The van der Waals surface area contributed by atoms with Crippen LogP contribution in [0.4, 0.5) is 4.39 Å². The minimum atomic E-state index is -0.345. The fraction of sp³-hybridized carbons (Fsp3) is 0.273. The molecule has 3 rings (SSSR count). The van der Waals surface area contributed by atoms with Crippen molar-refractivity contribution in [2.75, 3.05) is 7.05 Å². The van der Waals surface area contributed by atoms with Crippen molar-refractivity contribution in [3.63, 3.8) is 0 Å². The molecule has 1 amide bonds. The third-order valence-electron chi connectivity index (χ3n) is 4.88. The van der Waals surface area contributed by atoms with Gasteiger partial charge in [-0.25, -0.2) is 9.37 Å². The Bertz CT molecular complexity index is 939. The van der Waals surface area contributed by atoms with E-state index < -0.39 is 0 Å². The number of nitrogens with zero attached hydrogens (tertiary/aromatic N) is 3. The Kier molecular flexibility index (Phi) is 6.21. The number of imidazole rings is 1. The molecule has 1 aromatic heterocycles. The number of amides is 1. The molecule has 0 spiro atoms. The van der Waals surface area contributed by atoms with Crippen molar-refractivity contribution in [1.82, 2.24) is 19.8 Å². The van der Waals surface area contributed by atoms with Gasteiger partial charge in [0.05, 0.1) is 11.7 Å². The van der Waals surface area contributed by atoms with Crippen LogP contribution in [0.15, 0.2) is 60.9 Å². The summed E-state index contributed by atoms with van der Waals surface area (Å²) in [5, 5.41) is 2.89. The monoisotopic (exact) mass is 380 g/mol. The molecule has 0 aliphatic rings. The zero-order chi connectivity index (χ0) is 20.1. The van der Waals surface area contributed by atoms with Crippen LogP contribution in [0.25, 0.3) is 5.69 Å². The van der Waals surface area contributed by atoms with Crippen molar-refractivity contribution >= 4 is 5.91 Å². The molecule has 2 aromatic carbocycles. The number of aromatic nitrogens is 2. The molecule has 0 saturated carbocycles. The van der Waals surface area contributed by atoms with Crippen molar-refractivity contribution in [3.8, 4) is 5.69 Å². The van der Waals surface area contributed by atoms with Gasteiger partial charge in [0.1, 0.15) is 11.6 Å². The Morgan fingerprint density at radius 3 is 2.61 bits per heavy atom. The van der Waals surface area contributed by atoms with Gasteiger partial charge in [0.25, 0.3) is 0 Å². The van der Waals surface area contributed by atoms with Gasteiger partial charge in [-0.3, -0.25) is 9.69 Å². The number of carbonyl (C=O) groups is 1. The summed E-state index contributed by atoms with van der Waals surface area (Å²) in [7, 11) is 1.92. The van der Waals surface area contributed by atoms with Crippen molar-refractivity contribution in [3.05, 3.63) is 83.7 Å². The Morgan fingerprint density at radius 1 is 1.21 bits per heavy atom. The number of rotatable bonds is 7. The van der Waals surface area contributed by atoms with Crippen LogP contribution in [-0.2, 0) is 17.9 Å². The van der Waals surface area contributed by atoms with Crippen LogP contribution >= 0.6 is 0 Å². The zero-order valence-corrected chi connectivity index (χ0v) is 16.4. The summed E-state index contributed by atoms with van der Waals surface area (Å²) in [4.78, 5) is 18.6. The highest BCUT2D eigenvalue weighted by Gasteiger charge is 2.18. The molecular formula is C22H25FN4O. The summed E-state index contributed by atoms with van der Waals surface area (Å²) in [6.07, 6.45) is 3.36. The maximum absolute atomic E-state index is 14.5. The number of likely N-dealkylation sites (N-methyl/N-ethyl adjacent to an activating group) is 1. The van der Waals surface area contributed by atoms with Gasteiger partial charge in [-0.2, -0.15) is 0 Å². The number of hydrogen-bond acceptors (Lipinski definition) is 3. The zero-order valence-electron chi connectivity index (χ0n) is 16.4. The molecule has 6 heteroatoms. The SMILES string of the molecule is Cc1nccn1-c1ccc(CNC(=O)C(C)N(C)Cc2ccccc2)cc1F. The predicted molar refractivity (Wildman–Crippen MR) is 107 cm³/mol. The minimum absolute atomic E-state index is 0.0895. The molecule has 146 valence electrons. The van der Waals surface area contributed by atoms with Crippen LogP contribution in [0, 0.1) is 12.7 Å². The highest BCUT2D eigenvalue weighted by Crippen LogP contribution is 2.17. The molecule has 3 aromatic rings. The molecule has 1 N–H and O–H groups in total. The Labute approximate surface area is 164 Å². The van der Waals surface area contributed by atoms with Crippen molar-refractivity contribution in [2.24, 2.45) is 0 Å². The first-order valence-electron chi connectivity index (χ1n) is 9.26. The van der Waals surface area contributed by atoms with E-state index in [1.807, 2.05) is 62.2 Å². The lowest BCUT2D eigenvalue weighted by Gasteiger charge is -2.24. The molecule has 0 fully saturated rings. The summed E-state index contributed by atoms with van der Waals surface area (Å²) in [6, 6.07) is 14.7. The molecule has 1 unspecified atom stereocenters. The van der Waals surface area contributed by atoms with E-state index in [1.54, 1.807) is 23.0 Å². The number of carbonyl (C=O) groups excluding carboxylic acids is 1. The molecule has 5 nitrogen and oxygen atoms in total. The van der Waals surface area contributed by atoms with E-state index in [2.05, 4.69) is 10.3 Å².